The number of rotatable bonds is 3. The van der Waals surface area contributed by atoms with Crippen LogP contribution in [0, 0.1) is 0 Å². The predicted octanol–water partition coefficient (Wildman–Crippen LogP) is 0.584. The first-order valence-corrected chi connectivity index (χ1v) is 14.1. The van der Waals surface area contributed by atoms with Gasteiger partial charge in [0.1, 0.15) is 43.4 Å². The summed E-state index contributed by atoms with van der Waals surface area (Å²) in [5.74, 6) is -0.744. The van der Waals surface area contributed by atoms with E-state index in [1.165, 1.54) is 29.6 Å². The summed E-state index contributed by atoms with van der Waals surface area (Å²) in [5, 5.41) is 64.8. The quantitative estimate of drug-likeness (QED) is 0.112. The van der Waals surface area contributed by atoms with Gasteiger partial charge in [-0.3, -0.25) is 14.4 Å². The number of carbonyl (C=O) groups is 2. The zero-order valence-corrected chi connectivity index (χ0v) is 23.1. The Morgan fingerprint density at radius 2 is 1.61 bits per heavy atom. The van der Waals surface area contributed by atoms with E-state index in [1.54, 1.807) is 12.1 Å². The van der Waals surface area contributed by atoms with Gasteiger partial charge in [0.25, 0.3) is 11.8 Å². The molecule has 44 heavy (non-hydrogen) atoms. The van der Waals surface area contributed by atoms with Gasteiger partial charge in [-0.05, 0) is 31.1 Å². The van der Waals surface area contributed by atoms with Crippen LogP contribution in [0.4, 0.5) is 0 Å². The van der Waals surface area contributed by atoms with Crippen LogP contribution in [0.3, 0.4) is 0 Å². The molecule has 1 fully saturated rings. The van der Waals surface area contributed by atoms with Gasteiger partial charge < -0.3 is 54.3 Å². The Morgan fingerprint density at radius 1 is 0.932 bits per heavy atom. The standard InChI is InChI=1S/C29H26BN3O11/c1-30(41)33-27(39)20-18-11-7-15-16(43-5-4-42-15)8-13(11)31-22(18)23-19(21(20)28(33)40)12-6-10(35)2-3-14(12)32(23)29-26(38)25(37)24(36)17(9-34)44-29/h2-3,6-8,17,24-26,29,31,34-38,41H,4-5,9H2,1H3. The van der Waals surface area contributed by atoms with Crippen LogP contribution >= 0.6 is 0 Å². The first-order valence-electron chi connectivity index (χ1n) is 14.1. The average Bonchev–Trinajstić information content (AvgIpc) is 3.61. The fourth-order valence-corrected chi connectivity index (χ4v) is 6.88. The number of benzene rings is 3. The summed E-state index contributed by atoms with van der Waals surface area (Å²) in [7, 11) is -1.46. The number of ether oxygens (including phenoxy) is 3. The Bertz CT molecular complexity index is 2070. The number of aliphatic hydroxyl groups is 4. The number of H-pyrrole nitrogens is 1. The van der Waals surface area contributed by atoms with E-state index < -0.39 is 56.1 Å². The SMILES string of the molecule is CB(O)N1C(=O)c2c(c3c4cc(O)ccc4n(C4OC(CO)C(O)C(O)C4O)c3c3[nH]c4cc5c(cc4c23)OCCO5)C1=O. The molecule has 3 aromatic carbocycles. The van der Waals surface area contributed by atoms with Gasteiger partial charge in [-0.2, -0.15) is 0 Å². The number of hydrogen-bond acceptors (Lipinski definition) is 11. The molecule has 5 atom stereocenters. The minimum atomic E-state index is -1.71. The van der Waals surface area contributed by atoms with E-state index in [4.69, 9.17) is 14.2 Å². The first kappa shape index (κ1) is 27.2. The number of aliphatic hydroxyl groups excluding tert-OH is 4. The number of nitrogens with one attached hydrogen (secondary N) is 1. The topological polar surface area (TPSA) is 207 Å². The van der Waals surface area contributed by atoms with Crippen LogP contribution < -0.4 is 9.47 Å². The second-order valence-corrected chi connectivity index (χ2v) is 11.3. The van der Waals surface area contributed by atoms with Crippen molar-refractivity contribution in [2.75, 3.05) is 19.8 Å². The predicted molar refractivity (Wildman–Crippen MR) is 155 cm³/mol. The normalized spacial score (nSPS) is 25.1. The van der Waals surface area contributed by atoms with Gasteiger partial charge in [0.05, 0.1) is 39.8 Å². The van der Waals surface area contributed by atoms with Gasteiger partial charge in [0.2, 0.25) is 0 Å². The number of fused-ring (bicyclic) bond motifs is 11. The van der Waals surface area contributed by atoms with Crippen LogP contribution in [-0.2, 0) is 4.74 Å². The second kappa shape index (κ2) is 9.31. The second-order valence-electron chi connectivity index (χ2n) is 11.3. The highest BCUT2D eigenvalue weighted by Crippen LogP contribution is 2.49. The van der Waals surface area contributed by atoms with Gasteiger partial charge in [-0.1, -0.05) is 0 Å². The molecule has 0 bridgehead atoms. The van der Waals surface area contributed by atoms with Crippen LogP contribution in [0.15, 0.2) is 30.3 Å². The van der Waals surface area contributed by atoms with Gasteiger partial charge in [-0.25, -0.2) is 0 Å². The van der Waals surface area contributed by atoms with E-state index in [9.17, 15) is 40.1 Å². The van der Waals surface area contributed by atoms with Crippen LogP contribution in [0.1, 0.15) is 26.9 Å². The van der Waals surface area contributed by atoms with Crippen molar-refractivity contribution in [1.82, 2.24) is 14.4 Å². The molecule has 3 aliphatic rings. The lowest BCUT2D eigenvalue weighted by atomic mass is 9.85. The third-order valence-electron chi connectivity index (χ3n) is 8.80. The van der Waals surface area contributed by atoms with E-state index in [2.05, 4.69) is 4.98 Å². The molecular formula is C29H26BN3O11. The highest BCUT2D eigenvalue weighted by Gasteiger charge is 2.48. The summed E-state index contributed by atoms with van der Waals surface area (Å²) in [5.41, 5.74) is 1.48. The van der Waals surface area contributed by atoms with Crippen molar-refractivity contribution in [1.29, 1.82) is 0 Å². The Hall–Kier alpha value is -4.38. The van der Waals surface area contributed by atoms with E-state index in [0.29, 0.717) is 57.4 Å². The van der Waals surface area contributed by atoms with Crippen molar-refractivity contribution in [2.45, 2.75) is 37.5 Å². The highest BCUT2D eigenvalue weighted by molar-refractivity contribution is 6.59. The van der Waals surface area contributed by atoms with Crippen LogP contribution in [0.25, 0.3) is 43.6 Å². The molecule has 2 aromatic heterocycles. The molecule has 5 aromatic rings. The van der Waals surface area contributed by atoms with E-state index in [1.807, 2.05) is 0 Å². The third-order valence-corrected chi connectivity index (χ3v) is 8.80. The largest absolute Gasteiger partial charge is 0.508 e. The first-order chi connectivity index (χ1) is 21.1. The average molecular weight is 603 g/mol. The van der Waals surface area contributed by atoms with Crippen LogP contribution in [0.2, 0.25) is 6.82 Å². The molecule has 3 aliphatic heterocycles. The summed E-state index contributed by atoms with van der Waals surface area (Å²) >= 11 is 0. The minimum absolute atomic E-state index is 0.0255. The number of phenols is 1. The van der Waals surface area contributed by atoms with Gasteiger partial charge >= 0.3 is 7.05 Å². The van der Waals surface area contributed by atoms with Gasteiger partial charge in [-0.15, -0.1) is 0 Å². The van der Waals surface area contributed by atoms with E-state index in [-0.39, 0.29) is 27.8 Å². The van der Waals surface area contributed by atoms with Gasteiger partial charge in [0.15, 0.2) is 17.7 Å². The molecule has 2 amide bonds. The Morgan fingerprint density at radius 3 is 2.30 bits per heavy atom. The maximum atomic E-state index is 14.0. The number of carbonyl (C=O) groups excluding carboxylic acids is 2. The zero-order valence-electron chi connectivity index (χ0n) is 23.1. The lowest BCUT2D eigenvalue weighted by Crippen LogP contribution is -2.56. The Labute approximate surface area is 247 Å². The molecule has 0 aliphatic carbocycles. The monoisotopic (exact) mass is 603 g/mol. The van der Waals surface area contributed by atoms with Crippen molar-refractivity contribution in [3.05, 3.63) is 41.5 Å². The highest BCUT2D eigenvalue weighted by atomic mass is 16.6. The third kappa shape index (κ3) is 3.41. The maximum Gasteiger partial charge on any atom is 0.419 e. The summed E-state index contributed by atoms with van der Waals surface area (Å²) in [6.07, 6.45) is -7.68. The molecule has 226 valence electrons. The number of nitrogens with zero attached hydrogens (tertiary/aromatic N) is 2. The van der Waals surface area contributed by atoms with Crippen molar-refractivity contribution < 1.29 is 54.4 Å². The molecule has 14 nitrogen and oxygen atoms in total. The molecule has 1 saturated heterocycles. The van der Waals surface area contributed by atoms with E-state index >= 15 is 0 Å². The molecule has 5 unspecified atom stereocenters. The number of aromatic amines is 1. The number of hydrogen-bond donors (Lipinski definition) is 7. The summed E-state index contributed by atoms with van der Waals surface area (Å²) in [4.78, 5) is 32.0. The van der Waals surface area contributed by atoms with Crippen molar-refractivity contribution in [3.8, 4) is 17.2 Å². The molecule has 15 heteroatoms. The lowest BCUT2D eigenvalue weighted by Gasteiger charge is -2.41. The summed E-state index contributed by atoms with van der Waals surface area (Å²) < 4.78 is 19.1. The summed E-state index contributed by atoms with van der Waals surface area (Å²) in [6, 6.07) is 7.73. The molecule has 0 radical (unpaired) electrons. The number of aromatic nitrogens is 2. The molecule has 0 spiro atoms. The Balaban J connectivity index is 1.58. The van der Waals surface area contributed by atoms with E-state index in [0.717, 1.165) is 4.81 Å². The molecule has 8 rings (SSSR count). The van der Waals surface area contributed by atoms with Crippen molar-refractivity contribution >= 4 is 62.5 Å². The fraction of sp³-hybridized carbons (Fsp3) is 0.310. The van der Waals surface area contributed by atoms with Crippen molar-refractivity contribution in [3.63, 3.8) is 0 Å². The lowest BCUT2D eigenvalue weighted by molar-refractivity contribution is -0.249. The number of phenolic OH excluding ortho intramolecular Hbond substituents is 1. The fourth-order valence-electron chi connectivity index (χ4n) is 6.88. The molecule has 7 N–H and O–H groups in total. The van der Waals surface area contributed by atoms with Gasteiger partial charge in [0, 0.05) is 27.6 Å². The Kier molecular flexibility index (Phi) is 5.76. The van der Waals surface area contributed by atoms with Crippen molar-refractivity contribution in [2.24, 2.45) is 0 Å². The minimum Gasteiger partial charge on any atom is -0.508 e. The molecule has 0 saturated carbocycles. The molecular weight excluding hydrogens is 577 g/mol. The number of aromatic hydroxyl groups is 1. The number of amides is 2. The number of imide groups is 1. The zero-order chi connectivity index (χ0) is 30.8. The maximum absolute atomic E-state index is 14.0. The van der Waals surface area contributed by atoms with Crippen LogP contribution in [-0.4, -0.2) is 108 Å². The summed E-state index contributed by atoms with van der Waals surface area (Å²) in [6.45, 7) is 1.28. The smallest absolute Gasteiger partial charge is 0.419 e. The molecule has 5 heterocycles. The van der Waals surface area contributed by atoms with Crippen LogP contribution in [0.5, 0.6) is 17.2 Å².